The van der Waals surface area contributed by atoms with Crippen LogP contribution >= 0.6 is 0 Å². The van der Waals surface area contributed by atoms with E-state index in [0.29, 0.717) is 18.9 Å². The fraction of sp³-hybridized carbons (Fsp3) is 0.600. The minimum atomic E-state index is -3.44. The van der Waals surface area contributed by atoms with E-state index in [1.165, 1.54) is 12.8 Å². The topological polar surface area (TPSA) is 81.4 Å². The van der Waals surface area contributed by atoms with Crippen LogP contribution in [0.3, 0.4) is 0 Å². The van der Waals surface area contributed by atoms with Crippen LogP contribution in [0, 0.1) is 0 Å². The zero-order chi connectivity index (χ0) is 15.1. The second-order valence-electron chi connectivity index (χ2n) is 5.42. The Balaban J connectivity index is 2.01. The lowest BCUT2D eigenvalue weighted by atomic mass is 10.1. The molecule has 1 saturated carbocycles. The average Bonchev–Trinajstić information content (AvgIpc) is 2.73. The summed E-state index contributed by atoms with van der Waals surface area (Å²) in [5, 5.41) is 0. The van der Waals surface area contributed by atoms with Gasteiger partial charge in [0.05, 0.1) is 4.90 Å². The van der Waals surface area contributed by atoms with E-state index in [-0.39, 0.29) is 10.9 Å². The van der Waals surface area contributed by atoms with Crippen molar-refractivity contribution in [3.05, 3.63) is 24.3 Å². The molecule has 6 heteroatoms. The van der Waals surface area contributed by atoms with Crippen LogP contribution in [-0.2, 0) is 10.0 Å². The van der Waals surface area contributed by atoms with Crippen molar-refractivity contribution in [2.75, 3.05) is 13.2 Å². The lowest BCUT2D eigenvalue weighted by molar-refractivity contribution is 0.328. The second-order valence-corrected chi connectivity index (χ2v) is 7.13. The largest absolute Gasteiger partial charge is 0.492 e. The Morgan fingerprint density at radius 3 is 2.29 bits per heavy atom. The third-order valence-electron chi connectivity index (χ3n) is 3.70. The molecule has 0 unspecified atom stereocenters. The molecule has 1 aromatic carbocycles. The van der Waals surface area contributed by atoms with Crippen molar-refractivity contribution in [1.29, 1.82) is 0 Å². The Morgan fingerprint density at radius 1 is 1.10 bits per heavy atom. The molecule has 118 valence electrons. The number of nitrogens with one attached hydrogen (secondary N) is 1. The molecule has 0 aliphatic heterocycles. The summed E-state index contributed by atoms with van der Waals surface area (Å²) < 4.78 is 32.9. The normalized spacial score (nSPS) is 17.4. The first kappa shape index (κ1) is 16.3. The number of hydrogen-bond acceptors (Lipinski definition) is 4. The number of nitrogens with two attached hydrogens (primary N) is 1. The summed E-state index contributed by atoms with van der Waals surface area (Å²) in [5.74, 6) is 0.633. The van der Waals surface area contributed by atoms with Gasteiger partial charge in [-0.05, 0) is 37.1 Å². The van der Waals surface area contributed by atoms with Crippen LogP contribution in [0.4, 0.5) is 0 Å². The van der Waals surface area contributed by atoms with E-state index in [0.717, 1.165) is 25.7 Å². The Bertz CT molecular complexity index is 520. The van der Waals surface area contributed by atoms with Gasteiger partial charge >= 0.3 is 0 Å². The predicted molar refractivity (Wildman–Crippen MR) is 82.8 cm³/mol. The van der Waals surface area contributed by atoms with E-state index >= 15 is 0 Å². The number of sulfonamides is 1. The quantitative estimate of drug-likeness (QED) is 0.788. The summed E-state index contributed by atoms with van der Waals surface area (Å²) >= 11 is 0. The highest BCUT2D eigenvalue weighted by Crippen LogP contribution is 2.21. The molecule has 0 saturated heterocycles. The molecular formula is C15H24N2O3S. The van der Waals surface area contributed by atoms with E-state index in [2.05, 4.69) is 4.72 Å². The van der Waals surface area contributed by atoms with Crippen LogP contribution in [-0.4, -0.2) is 27.6 Å². The van der Waals surface area contributed by atoms with E-state index < -0.39 is 10.0 Å². The van der Waals surface area contributed by atoms with Gasteiger partial charge in [0.2, 0.25) is 10.0 Å². The highest BCUT2D eigenvalue weighted by atomic mass is 32.2. The summed E-state index contributed by atoms with van der Waals surface area (Å²) in [5.41, 5.74) is 5.36. The first-order valence-corrected chi connectivity index (χ1v) is 9.05. The van der Waals surface area contributed by atoms with Crippen LogP contribution < -0.4 is 15.2 Å². The monoisotopic (exact) mass is 312 g/mol. The molecule has 0 spiro atoms. The van der Waals surface area contributed by atoms with Gasteiger partial charge in [-0.15, -0.1) is 0 Å². The van der Waals surface area contributed by atoms with Crippen LogP contribution in [0.5, 0.6) is 5.75 Å². The first-order chi connectivity index (χ1) is 10.1. The van der Waals surface area contributed by atoms with Crippen molar-refractivity contribution in [2.45, 2.75) is 49.5 Å². The highest BCUT2D eigenvalue weighted by Gasteiger charge is 2.21. The molecule has 0 atom stereocenters. The fourth-order valence-electron chi connectivity index (χ4n) is 2.58. The van der Waals surface area contributed by atoms with Gasteiger partial charge in [0.1, 0.15) is 12.4 Å². The summed E-state index contributed by atoms with van der Waals surface area (Å²) in [6.07, 6.45) is 6.45. The van der Waals surface area contributed by atoms with Crippen molar-refractivity contribution in [3.63, 3.8) is 0 Å². The van der Waals surface area contributed by atoms with Crippen LogP contribution in [0.25, 0.3) is 0 Å². The van der Waals surface area contributed by atoms with Gasteiger partial charge in [0.25, 0.3) is 0 Å². The van der Waals surface area contributed by atoms with Crippen LogP contribution in [0.1, 0.15) is 38.5 Å². The van der Waals surface area contributed by atoms with Crippen molar-refractivity contribution >= 4 is 10.0 Å². The minimum Gasteiger partial charge on any atom is -0.492 e. The molecule has 21 heavy (non-hydrogen) atoms. The van der Waals surface area contributed by atoms with Crippen LogP contribution in [0.2, 0.25) is 0 Å². The maximum absolute atomic E-state index is 12.4. The Hall–Kier alpha value is -1.11. The van der Waals surface area contributed by atoms with Gasteiger partial charge in [-0.25, -0.2) is 13.1 Å². The Labute approximate surface area is 126 Å². The Morgan fingerprint density at radius 2 is 1.71 bits per heavy atom. The molecule has 0 aromatic heterocycles. The number of ether oxygens (including phenoxy) is 1. The minimum absolute atomic E-state index is 0.0608. The van der Waals surface area contributed by atoms with E-state index in [9.17, 15) is 8.42 Å². The molecule has 0 amide bonds. The van der Waals surface area contributed by atoms with Gasteiger partial charge in [-0.3, -0.25) is 0 Å². The molecule has 0 bridgehead atoms. The zero-order valence-electron chi connectivity index (χ0n) is 12.3. The summed E-state index contributed by atoms with van der Waals surface area (Å²) in [6, 6.07) is 6.54. The summed E-state index contributed by atoms with van der Waals surface area (Å²) in [6.45, 7) is 0.857. The van der Waals surface area contributed by atoms with E-state index in [1.54, 1.807) is 24.3 Å². The molecule has 3 N–H and O–H groups in total. The molecule has 0 heterocycles. The summed E-state index contributed by atoms with van der Waals surface area (Å²) in [4.78, 5) is 0.284. The third-order valence-corrected chi connectivity index (χ3v) is 5.23. The number of hydrogen-bond donors (Lipinski definition) is 2. The Kier molecular flexibility index (Phi) is 6.02. The fourth-order valence-corrected chi connectivity index (χ4v) is 3.88. The highest BCUT2D eigenvalue weighted by molar-refractivity contribution is 7.89. The van der Waals surface area contributed by atoms with Gasteiger partial charge in [-0.1, -0.05) is 25.7 Å². The standard InChI is InChI=1S/C15H24N2O3S/c16-11-12-20-14-7-9-15(10-8-14)21(18,19)17-13-5-3-1-2-4-6-13/h7-10,13,17H,1-6,11-12,16H2. The molecule has 0 radical (unpaired) electrons. The molecule has 5 nitrogen and oxygen atoms in total. The molecule has 2 rings (SSSR count). The van der Waals surface area contributed by atoms with Gasteiger partial charge in [0.15, 0.2) is 0 Å². The van der Waals surface area contributed by atoms with Crippen molar-refractivity contribution in [1.82, 2.24) is 4.72 Å². The number of rotatable bonds is 6. The molecular weight excluding hydrogens is 288 g/mol. The van der Waals surface area contributed by atoms with Crippen molar-refractivity contribution < 1.29 is 13.2 Å². The second kappa shape index (κ2) is 7.77. The lowest BCUT2D eigenvalue weighted by Gasteiger charge is -2.16. The van der Waals surface area contributed by atoms with Crippen molar-refractivity contribution in [3.8, 4) is 5.75 Å². The van der Waals surface area contributed by atoms with Gasteiger partial charge < -0.3 is 10.5 Å². The first-order valence-electron chi connectivity index (χ1n) is 7.57. The third kappa shape index (κ3) is 4.98. The van der Waals surface area contributed by atoms with Crippen LogP contribution in [0.15, 0.2) is 29.2 Å². The molecule has 1 aromatic rings. The molecule has 1 aliphatic carbocycles. The number of benzene rings is 1. The maximum Gasteiger partial charge on any atom is 0.240 e. The van der Waals surface area contributed by atoms with Crippen molar-refractivity contribution in [2.24, 2.45) is 5.73 Å². The lowest BCUT2D eigenvalue weighted by Crippen LogP contribution is -2.34. The smallest absolute Gasteiger partial charge is 0.240 e. The van der Waals surface area contributed by atoms with E-state index in [1.807, 2.05) is 0 Å². The predicted octanol–water partition coefficient (Wildman–Crippen LogP) is 2.03. The van der Waals surface area contributed by atoms with Gasteiger partial charge in [-0.2, -0.15) is 0 Å². The zero-order valence-corrected chi connectivity index (χ0v) is 13.1. The maximum atomic E-state index is 12.4. The average molecular weight is 312 g/mol. The summed E-state index contributed by atoms with van der Waals surface area (Å²) in [7, 11) is -3.44. The van der Waals surface area contributed by atoms with E-state index in [4.69, 9.17) is 10.5 Å². The van der Waals surface area contributed by atoms with Gasteiger partial charge in [0, 0.05) is 12.6 Å². The SMILES string of the molecule is NCCOc1ccc(S(=O)(=O)NC2CCCCCC2)cc1. The molecule has 1 aliphatic rings. The molecule has 1 fully saturated rings.